The Morgan fingerprint density at radius 1 is 1.10 bits per heavy atom. The number of unbranched alkanes of at least 4 members (excludes halogenated alkanes) is 1. The third kappa shape index (κ3) is 6.44. The van der Waals surface area contributed by atoms with E-state index in [1.807, 2.05) is 0 Å². The van der Waals surface area contributed by atoms with Crippen molar-refractivity contribution in [2.75, 3.05) is 0 Å². The molecule has 2 heterocycles. The first-order chi connectivity index (χ1) is 14.8. The van der Waals surface area contributed by atoms with Crippen LogP contribution in [0.1, 0.15) is 52.8 Å². The Kier molecular flexibility index (Phi) is 8.85. The van der Waals surface area contributed by atoms with Gasteiger partial charge in [0.05, 0.1) is 6.20 Å². The quantitative estimate of drug-likeness (QED) is 0.450. The molecular formula is C24H31F2N3O2. The largest absolute Gasteiger partial charge is 0.450 e. The van der Waals surface area contributed by atoms with E-state index in [4.69, 9.17) is 4.74 Å². The second-order valence-electron chi connectivity index (χ2n) is 7.28. The maximum Gasteiger partial charge on any atom is 0.253 e. The van der Waals surface area contributed by atoms with Gasteiger partial charge in [0, 0.05) is 31.4 Å². The van der Waals surface area contributed by atoms with E-state index in [2.05, 4.69) is 30.7 Å². The molecule has 3 rings (SSSR count). The normalized spacial score (nSPS) is 10.4. The zero-order valence-corrected chi connectivity index (χ0v) is 18.7. The number of benzene rings is 1. The number of nitrogens with zero attached hydrogens (tertiary/aromatic N) is 3. The van der Waals surface area contributed by atoms with Crippen LogP contribution < -0.4 is 10.3 Å². The van der Waals surface area contributed by atoms with Crippen LogP contribution in [0.4, 0.5) is 8.78 Å². The fourth-order valence-electron chi connectivity index (χ4n) is 2.83. The molecule has 0 bridgehead atoms. The first-order valence-corrected chi connectivity index (χ1v) is 10.5. The number of aryl methyl sites for hydroxylation is 3. The Bertz CT molecular complexity index is 1090. The van der Waals surface area contributed by atoms with E-state index in [9.17, 15) is 13.6 Å². The maximum atomic E-state index is 14.0. The Balaban J connectivity index is 0.00000121. The van der Waals surface area contributed by atoms with Gasteiger partial charge in [0.2, 0.25) is 0 Å². The smallest absolute Gasteiger partial charge is 0.253 e. The van der Waals surface area contributed by atoms with Crippen molar-refractivity contribution in [2.24, 2.45) is 0 Å². The molecule has 0 unspecified atom stereocenters. The van der Waals surface area contributed by atoms with E-state index in [1.54, 1.807) is 30.7 Å². The highest BCUT2D eigenvalue weighted by molar-refractivity contribution is 5.66. The number of hydrogen-bond acceptors (Lipinski definition) is 4. The van der Waals surface area contributed by atoms with Crippen LogP contribution in [0.25, 0.3) is 11.3 Å². The molecule has 0 radical (unpaired) electrons. The van der Waals surface area contributed by atoms with Crippen LogP contribution in [0.5, 0.6) is 11.5 Å². The zero-order valence-electron chi connectivity index (χ0n) is 18.7. The highest BCUT2D eigenvalue weighted by Crippen LogP contribution is 2.32. The highest BCUT2D eigenvalue weighted by Gasteiger charge is 2.15. The molecule has 0 saturated carbocycles. The van der Waals surface area contributed by atoms with Gasteiger partial charge in [-0.15, -0.1) is 0 Å². The molecule has 0 saturated heterocycles. The summed E-state index contributed by atoms with van der Waals surface area (Å²) in [4.78, 5) is 20.9. The molecule has 3 aromatic rings. The molecule has 7 heteroatoms. The summed E-state index contributed by atoms with van der Waals surface area (Å²) in [5.74, 6) is -0.923. The fraction of sp³-hybridized carbons (Fsp3) is 0.375. The van der Waals surface area contributed by atoms with Gasteiger partial charge in [0.15, 0.2) is 17.3 Å². The summed E-state index contributed by atoms with van der Waals surface area (Å²) in [6.07, 6.45) is 6.24. The lowest BCUT2D eigenvalue weighted by atomic mass is 10.1. The molecule has 0 spiro atoms. The van der Waals surface area contributed by atoms with Gasteiger partial charge >= 0.3 is 0 Å². The lowest BCUT2D eigenvalue weighted by Crippen LogP contribution is -2.22. The first-order valence-electron chi connectivity index (χ1n) is 10.5. The number of pyridine rings is 1. The van der Waals surface area contributed by atoms with Crippen molar-refractivity contribution in [1.29, 1.82) is 0 Å². The van der Waals surface area contributed by atoms with Crippen molar-refractivity contribution in [3.63, 3.8) is 0 Å². The summed E-state index contributed by atoms with van der Waals surface area (Å²) in [6.45, 7) is 10.4. The van der Waals surface area contributed by atoms with Gasteiger partial charge in [-0.1, -0.05) is 33.6 Å². The van der Waals surface area contributed by atoms with Crippen molar-refractivity contribution in [3.8, 4) is 22.8 Å². The number of hydrogen-bond donors (Lipinski definition) is 0. The number of rotatable bonds is 6. The van der Waals surface area contributed by atoms with Crippen LogP contribution in [-0.2, 0) is 6.54 Å². The maximum absolute atomic E-state index is 14.0. The molecule has 2 aromatic heterocycles. The van der Waals surface area contributed by atoms with Gasteiger partial charge < -0.3 is 9.30 Å². The molecule has 0 amide bonds. The van der Waals surface area contributed by atoms with Crippen molar-refractivity contribution >= 4 is 0 Å². The van der Waals surface area contributed by atoms with Gasteiger partial charge in [-0.2, -0.15) is 0 Å². The zero-order chi connectivity index (χ0) is 23.0. The molecule has 0 fully saturated rings. The lowest BCUT2D eigenvalue weighted by molar-refractivity contribution is 0.435. The minimum atomic E-state index is -0.823. The van der Waals surface area contributed by atoms with Crippen LogP contribution in [0.2, 0.25) is 0 Å². The predicted octanol–water partition coefficient (Wildman–Crippen LogP) is 6.46. The Morgan fingerprint density at radius 3 is 2.45 bits per heavy atom. The van der Waals surface area contributed by atoms with Gasteiger partial charge in [-0.3, -0.25) is 4.79 Å². The van der Waals surface area contributed by atoms with Gasteiger partial charge in [0.25, 0.3) is 5.56 Å². The monoisotopic (exact) mass is 431 g/mol. The average molecular weight is 432 g/mol. The summed E-state index contributed by atoms with van der Waals surface area (Å²) in [7, 11) is 0. The summed E-state index contributed by atoms with van der Waals surface area (Å²) in [5, 5.41) is 0. The molecule has 31 heavy (non-hydrogen) atoms. The van der Waals surface area contributed by atoms with Crippen LogP contribution in [-0.4, -0.2) is 14.5 Å². The summed E-state index contributed by atoms with van der Waals surface area (Å²) in [6, 6.07) is 4.80. The van der Waals surface area contributed by atoms with Crippen molar-refractivity contribution in [2.45, 2.75) is 60.4 Å². The number of halogens is 2. The average Bonchev–Trinajstić information content (AvgIpc) is 2.72. The summed E-state index contributed by atoms with van der Waals surface area (Å²) < 4.78 is 34.5. The van der Waals surface area contributed by atoms with E-state index in [-0.39, 0.29) is 18.5 Å². The molecule has 0 N–H and O–H groups in total. The Morgan fingerprint density at radius 2 is 1.81 bits per heavy atom. The predicted molar refractivity (Wildman–Crippen MR) is 121 cm³/mol. The van der Waals surface area contributed by atoms with Crippen LogP contribution in [0.15, 0.2) is 41.5 Å². The van der Waals surface area contributed by atoms with Gasteiger partial charge in [0.1, 0.15) is 17.3 Å². The molecule has 1 aromatic carbocycles. The van der Waals surface area contributed by atoms with E-state index < -0.39 is 11.6 Å². The van der Waals surface area contributed by atoms with E-state index in [1.165, 1.54) is 18.7 Å². The molecule has 5 nitrogen and oxygen atoms in total. The van der Waals surface area contributed by atoms with Gasteiger partial charge in [-0.05, 0) is 38.5 Å². The Labute approximate surface area is 183 Å². The molecule has 0 atom stereocenters. The third-order valence-corrected chi connectivity index (χ3v) is 4.28. The minimum Gasteiger partial charge on any atom is -0.450 e. The minimum absolute atomic E-state index is 0. The van der Waals surface area contributed by atoms with Crippen molar-refractivity contribution in [3.05, 3.63) is 70.0 Å². The van der Waals surface area contributed by atoms with Crippen LogP contribution in [0, 0.1) is 25.5 Å². The second kappa shape index (κ2) is 11.3. The fourth-order valence-corrected chi connectivity index (χ4v) is 2.83. The number of ether oxygens (including phenoxy) is 1. The Hall–Kier alpha value is -3.09. The molecular weight excluding hydrogens is 400 g/mol. The van der Waals surface area contributed by atoms with Crippen molar-refractivity contribution in [1.82, 2.24) is 14.5 Å². The molecule has 0 aliphatic rings. The van der Waals surface area contributed by atoms with E-state index in [0.717, 1.165) is 25.0 Å². The van der Waals surface area contributed by atoms with E-state index in [0.29, 0.717) is 29.2 Å². The third-order valence-electron chi connectivity index (χ3n) is 4.28. The number of aromatic nitrogens is 3. The SMILES string of the molecule is CCC.CCCCn1cc(-c2nc(C)ncc2Oc2ccc(F)cc2F)cc(C)c1=O.[HH]. The standard InChI is InChI=1S/C21H21F2N3O2.C3H8.H2/c1-4-5-8-26-12-15(9-13(2)21(26)27)20-19(11-24-14(3)25-20)28-18-7-6-16(22)10-17(18)23;1-3-2;/h6-7,9-12H,4-5,8H2,1-3H3;3H2,1-2H3;1H. The highest BCUT2D eigenvalue weighted by atomic mass is 19.1. The van der Waals surface area contributed by atoms with Gasteiger partial charge in [-0.25, -0.2) is 18.7 Å². The molecule has 0 aliphatic heterocycles. The second-order valence-corrected chi connectivity index (χ2v) is 7.28. The molecule has 0 aliphatic carbocycles. The van der Waals surface area contributed by atoms with Crippen LogP contribution in [0.3, 0.4) is 0 Å². The topological polar surface area (TPSA) is 57.0 Å². The van der Waals surface area contributed by atoms with Crippen molar-refractivity contribution < 1.29 is 14.9 Å². The lowest BCUT2D eigenvalue weighted by Gasteiger charge is -2.14. The van der Waals surface area contributed by atoms with Crippen LogP contribution >= 0.6 is 0 Å². The molecule has 168 valence electrons. The first kappa shape index (κ1) is 24.2. The van der Waals surface area contributed by atoms with E-state index >= 15 is 0 Å². The summed E-state index contributed by atoms with van der Waals surface area (Å²) >= 11 is 0. The summed E-state index contributed by atoms with van der Waals surface area (Å²) in [5.41, 5.74) is 1.61.